The highest BCUT2D eigenvalue weighted by atomic mass is 32.2. The number of rotatable bonds is 6. The number of hydrogen-bond donors (Lipinski definition) is 0. The number of halogens is 3. The number of anilines is 2. The van der Waals surface area contributed by atoms with E-state index in [2.05, 4.69) is 30.7 Å². The summed E-state index contributed by atoms with van der Waals surface area (Å²) in [5.41, 5.74) is -0.0476. The van der Waals surface area contributed by atoms with Crippen molar-refractivity contribution < 1.29 is 26.4 Å². The predicted molar refractivity (Wildman–Crippen MR) is 126 cm³/mol. The van der Waals surface area contributed by atoms with Crippen LogP contribution in [0.25, 0.3) is 0 Å². The number of pyridine rings is 2. The number of aromatic nitrogens is 2. The molecule has 2 unspecified atom stereocenters. The highest BCUT2D eigenvalue weighted by Crippen LogP contribution is 2.38. The molecule has 2 atom stereocenters. The van der Waals surface area contributed by atoms with Gasteiger partial charge in [0.1, 0.15) is 23.4 Å². The molecule has 0 spiro atoms. The standard InChI is InChI=1S/C24H29F3N4O3S/c1-16-13-23(2,3)31(14-16)22-17(7-5-11-28-22)18(32)15-35(33,34)21-10-4-9-20(29-21)30-12-6-8-19(30)24(25,26)27/h4-5,7,9-11,16,19H,6,8,12-15H2,1-3H3. The van der Waals surface area contributed by atoms with Crippen molar-refractivity contribution >= 4 is 27.3 Å². The molecule has 190 valence electrons. The average Bonchev–Trinajstić information content (AvgIpc) is 3.37. The number of ketones is 1. The first-order valence-corrected chi connectivity index (χ1v) is 13.2. The van der Waals surface area contributed by atoms with Crippen molar-refractivity contribution in [3.05, 3.63) is 42.1 Å². The molecule has 4 rings (SSSR count). The number of carbonyl (C=O) groups excluding carboxylic acids is 1. The molecule has 2 aromatic rings. The fourth-order valence-corrected chi connectivity index (χ4v) is 6.40. The maximum Gasteiger partial charge on any atom is 0.408 e. The third-order valence-electron chi connectivity index (χ3n) is 6.69. The molecule has 2 aliphatic heterocycles. The van der Waals surface area contributed by atoms with Gasteiger partial charge in [0.05, 0.1) is 5.56 Å². The average molecular weight is 511 g/mol. The molecule has 0 aliphatic carbocycles. The molecule has 7 nitrogen and oxygen atoms in total. The van der Waals surface area contributed by atoms with Crippen LogP contribution in [0.4, 0.5) is 24.8 Å². The Bertz CT molecular complexity index is 1220. The molecule has 0 saturated carbocycles. The number of sulfone groups is 1. The summed E-state index contributed by atoms with van der Waals surface area (Å²) < 4.78 is 66.4. The van der Waals surface area contributed by atoms with Crippen LogP contribution in [0.15, 0.2) is 41.6 Å². The quantitative estimate of drug-likeness (QED) is 0.536. The molecular formula is C24H29F3N4O3S. The van der Waals surface area contributed by atoms with Crippen LogP contribution in [0, 0.1) is 5.92 Å². The van der Waals surface area contributed by atoms with Crippen LogP contribution >= 0.6 is 0 Å². The number of alkyl halides is 3. The van der Waals surface area contributed by atoms with E-state index in [4.69, 9.17) is 0 Å². The third-order valence-corrected chi connectivity index (χ3v) is 8.20. The normalized spacial score (nSPS) is 22.6. The smallest absolute Gasteiger partial charge is 0.351 e. The maximum atomic E-state index is 13.4. The Morgan fingerprint density at radius 3 is 2.60 bits per heavy atom. The van der Waals surface area contributed by atoms with Crippen molar-refractivity contribution in [2.24, 2.45) is 5.92 Å². The minimum atomic E-state index is -4.44. The Morgan fingerprint density at radius 2 is 1.94 bits per heavy atom. The zero-order valence-corrected chi connectivity index (χ0v) is 20.7. The predicted octanol–water partition coefficient (Wildman–Crippen LogP) is 4.29. The molecule has 0 bridgehead atoms. The molecule has 4 heterocycles. The van der Waals surface area contributed by atoms with Gasteiger partial charge in [-0.05, 0) is 63.3 Å². The molecule has 11 heteroatoms. The first-order chi connectivity index (χ1) is 16.3. The SMILES string of the molecule is CC1CN(c2ncccc2C(=O)CS(=O)(=O)c2cccc(N3CCCC3C(F)(F)F)n2)C(C)(C)C1. The lowest BCUT2D eigenvalue weighted by molar-refractivity contribution is -0.146. The minimum Gasteiger partial charge on any atom is -0.351 e. The van der Waals surface area contributed by atoms with Crippen LogP contribution in [0.1, 0.15) is 50.4 Å². The van der Waals surface area contributed by atoms with Crippen molar-refractivity contribution in [2.75, 3.05) is 28.6 Å². The van der Waals surface area contributed by atoms with E-state index >= 15 is 0 Å². The van der Waals surface area contributed by atoms with Gasteiger partial charge in [0.2, 0.25) is 9.84 Å². The fourth-order valence-electron chi connectivity index (χ4n) is 5.23. The molecule has 0 N–H and O–H groups in total. The first-order valence-electron chi connectivity index (χ1n) is 11.6. The van der Waals surface area contributed by atoms with Gasteiger partial charge in [-0.25, -0.2) is 18.4 Å². The summed E-state index contributed by atoms with van der Waals surface area (Å²) in [6.07, 6.45) is -1.72. The van der Waals surface area contributed by atoms with Gasteiger partial charge in [-0.2, -0.15) is 13.2 Å². The summed E-state index contributed by atoms with van der Waals surface area (Å²) in [6, 6.07) is 5.36. The number of Topliss-reactive ketones (excluding diaryl/α,β-unsaturated/α-hetero) is 1. The highest BCUT2D eigenvalue weighted by molar-refractivity contribution is 7.92. The lowest BCUT2D eigenvalue weighted by Crippen LogP contribution is -2.41. The van der Waals surface area contributed by atoms with Gasteiger partial charge in [-0.3, -0.25) is 4.79 Å². The Labute approximate surface area is 203 Å². The first kappa shape index (κ1) is 25.4. The Balaban J connectivity index is 1.60. The fraction of sp³-hybridized carbons (Fsp3) is 0.542. The van der Waals surface area contributed by atoms with Crippen LogP contribution in [-0.4, -0.2) is 60.8 Å². The van der Waals surface area contributed by atoms with Crippen LogP contribution in [0.3, 0.4) is 0 Å². The summed E-state index contributed by atoms with van der Waals surface area (Å²) in [6.45, 7) is 7.04. The molecule has 2 saturated heterocycles. The second kappa shape index (κ2) is 9.07. The van der Waals surface area contributed by atoms with Gasteiger partial charge in [0.15, 0.2) is 10.8 Å². The van der Waals surface area contributed by atoms with Crippen LogP contribution in [0.2, 0.25) is 0 Å². The van der Waals surface area contributed by atoms with Crippen molar-refractivity contribution in [3.8, 4) is 0 Å². The summed E-state index contributed by atoms with van der Waals surface area (Å²) in [4.78, 5) is 24.7. The molecule has 2 fully saturated rings. The van der Waals surface area contributed by atoms with Crippen LogP contribution < -0.4 is 9.80 Å². The Morgan fingerprint density at radius 1 is 1.20 bits per heavy atom. The number of carbonyl (C=O) groups is 1. The van der Waals surface area contributed by atoms with Crippen LogP contribution in [0.5, 0.6) is 0 Å². The summed E-state index contributed by atoms with van der Waals surface area (Å²) in [5, 5.41) is -0.420. The second-order valence-electron chi connectivity index (χ2n) is 10.0. The van der Waals surface area contributed by atoms with Crippen LogP contribution in [-0.2, 0) is 9.84 Å². The van der Waals surface area contributed by atoms with Gasteiger partial charge >= 0.3 is 6.18 Å². The molecule has 2 aliphatic rings. The zero-order chi connectivity index (χ0) is 25.6. The van der Waals surface area contributed by atoms with E-state index in [1.807, 2.05) is 4.90 Å². The van der Waals surface area contributed by atoms with E-state index < -0.39 is 38.6 Å². The Kier molecular flexibility index (Phi) is 6.58. The molecule has 0 radical (unpaired) electrons. The van der Waals surface area contributed by atoms with E-state index in [1.165, 1.54) is 18.2 Å². The monoisotopic (exact) mass is 510 g/mol. The Hall–Kier alpha value is -2.69. The lowest BCUT2D eigenvalue weighted by atomic mass is 9.97. The van der Waals surface area contributed by atoms with E-state index in [1.54, 1.807) is 18.3 Å². The van der Waals surface area contributed by atoms with E-state index in [9.17, 15) is 26.4 Å². The highest BCUT2D eigenvalue weighted by Gasteiger charge is 2.46. The summed E-state index contributed by atoms with van der Waals surface area (Å²) >= 11 is 0. The van der Waals surface area contributed by atoms with E-state index in [0.717, 1.165) is 11.3 Å². The molecule has 35 heavy (non-hydrogen) atoms. The van der Waals surface area contributed by atoms with Crippen molar-refractivity contribution in [2.45, 2.75) is 62.8 Å². The van der Waals surface area contributed by atoms with Gasteiger partial charge in [-0.15, -0.1) is 0 Å². The molecular weight excluding hydrogens is 481 g/mol. The second-order valence-corrected chi connectivity index (χ2v) is 12.0. The lowest BCUT2D eigenvalue weighted by Gasteiger charge is -2.33. The molecule has 2 aromatic heterocycles. The minimum absolute atomic E-state index is 0.0618. The van der Waals surface area contributed by atoms with Gasteiger partial charge in [-0.1, -0.05) is 13.0 Å². The van der Waals surface area contributed by atoms with E-state index in [-0.39, 0.29) is 29.9 Å². The largest absolute Gasteiger partial charge is 0.408 e. The molecule has 0 aromatic carbocycles. The van der Waals surface area contributed by atoms with Crippen molar-refractivity contribution in [3.63, 3.8) is 0 Å². The maximum absolute atomic E-state index is 13.4. The number of hydrogen-bond acceptors (Lipinski definition) is 7. The topological polar surface area (TPSA) is 83.5 Å². The van der Waals surface area contributed by atoms with Gasteiger partial charge < -0.3 is 9.80 Å². The molecule has 0 amide bonds. The van der Waals surface area contributed by atoms with E-state index in [0.29, 0.717) is 24.7 Å². The zero-order valence-electron chi connectivity index (χ0n) is 19.9. The summed E-state index contributed by atoms with van der Waals surface area (Å²) in [7, 11) is -4.21. The van der Waals surface area contributed by atoms with Crippen molar-refractivity contribution in [1.82, 2.24) is 9.97 Å². The third kappa shape index (κ3) is 5.14. The van der Waals surface area contributed by atoms with Gasteiger partial charge in [0.25, 0.3) is 0 Å². The summed E-state index contributed by atoms with van der Waals surface area (Å²) in [5.74, 6) is -0.724. The van der Waals surface area contributed by atoms with Gasteiger partial charge in [0, 0.05) is 24.8 Å². The number of nitrogens with zero attached hydrogens (tertiary/aromatic N) is 4. The van der Waals surface area contributed by atoms with Crippen molar-refractivity contribution in [1.29, 1.82) is 0 Å².